The van der Waals surface area contributed by atoms with Gasteiger partial charge in [0.15, 0.2) is 0 Å². The second-order valence-electron chi connectivity index (χ2n) is 7.20. The molecule has 3 aromatic rings. The van der Waals surface area contributed by atoms with Crippen molar-refractivity contribution in [2.24, 2.45) is 5.73 Å². The van der Waals surface area contributed by atoms with Gasteiger partial charge in [0.25, 0.3) is 0 Å². The van der Waals surface area contributed by atoms with E-state index < -0.39 is 11.7 Å². The number of nitrogens with two attached hydrogens (primary N) is 1. The number of nitrogens with zero attached hydrogens (tertiary/aromatic N) is 2. The van der Waals surface area contributed by atoms with Crippen LogP contribution in [0.15, 0.2) is 30.5 Å². The zero-order valence-electron chi connectivity index (χ0n) is 15.4. The van der Waals surface area contributed by atoms with Crippen LogP contribution in [0.25, 0.3) is 10.9 Å². The second kappa shape index (κ2) is 7.43. The Labute approximate surface area is 164 Å². The molecule has 0 unspecified atom stereocenters. The molecule has 0 spiro atoms. The van der Waals surface area contributed by atoms with Gasteiger partial charge in [-0.1, -0.05) is 18.9 Å². The molecule has 154 valence electrons. The Morgan fingerprint density at radius 3 is 2.72 bits per heavy atom. The molecule has 7 nitrogen and oxygen atoms in total. The molecular formula is C19H21F3N6O. The van der Waals surface area contributed by atoms with Crippen molar-refractivity contribution in [3.05, 3.63) is 36.0 Å². The molecule has 1 aliphatic rings. The number of aromatic hydroxyl groups is 1. The smallest absolute Gasteiger partial charge is 0.416 e. The highest BCUT2D eigenvalue weighted by Crippen LogP contribution is 2.34. The number of benzene rings is 1. The van der Waals surface area contributed by atoms with Gasteiger partial charge in [0.2, 0.25) is 11.8 Å². The summed E-state index contributed by atoms with van der Waals surface area (Å²) in [6.45, 7) is 0. The average molecular weight is 406 g/mol. The minimum atomic E-state index is -4.46. The lowest BCUT2D eigenvalue weighted by atomic mass is 9.91. The van der Waals surface area contributed by atoms with Gasteiger partial charge in [-0.05, 0) is 31.0 Å². The van der Waals surface area contributed by atoms with Crippen LogP contribution in [-0.2, 0) is 6.18 Å². The average Bonchev–Trinajstić information content (AvgIpc) is 3.04. The normalized spacial score (nSPS) is 20.0. The number of hydrogen-bond acceptors (Lipinski definition) is 6. The van der Waals surface area contributed by atoms with E-state index in [1.54, 1.807) is 0 Å². The van der Waals surface area contributed by atoms with Crippen molar-refractivity contribution in [3.63, 3.8) is 0 Å². The quantitative estimate of drug-likeness (QED) is 0.446. The number of alkyl halides is 3. The van der Waals surface area contributed by atoms with Gasteiger partial charge in [-0.25, -0.2) is 4.98 Å². The van der Waals surface area contributed by atoms with Crippen LogP contribution < -0.4 is 16.4 Å². The topological polar surface area (TPSA) is 112 Å². The van der Waals surface area contributed by atoms with E-state index in [-0.39, 0.29) is 29.5 Å². The first kappa shape index (κ1) is 19.3. The summed E-state index contributed by atoms with van der Waals surface area (Å²) in [4.78, 5) is 11.5. The monoisotopic (exact) mass is 406 g/mol. The van der Waals surface area contributed by atoms with Crippen molar-refractivity contribution >= 4 is 28.4 Å². The number of aromatic amines is 1. The van der Waals surface area contributed by atoms with Gasteiger partial charge < -0.3 is 26.5 Å². The first-order valence-electron chi connectivity index (χ1n) is 9.36. The maximum absolute atomic E-state index is 13.0. The van der Waals surface area contributed by atoms with Gasteiger partial charge in [-0.2, -0.15) is 18.2 Å². The third-order valence-electron chi connectivity index (χ3n) is 5.11. The van der Waals surface area contributed by atoms with Crippen LogP contribution in [0.4, 0.5) is 30.6 Å². The van der Waals surface area contributed by atoms with E-state index in [2.05, 4.69) is 25.6 Å². The molecule has 0 amide bonds. The Hall–Kier alpha value is -3.01. The molecule has 4 rings (SSSR count). The first-order valence-corrected chi connectivity index (χ1v) is 9.36. The van der Waals surface area contributed by atoms with E-state index in [0.717, 1.165) is 37.8 Å². The number of fused-ring (bicyclic) bond motifs is 1. The SMILES string of the molecule is N[C@H]1CCCC[C@H]1Nc1nc(Nc2cccc(C(F)(F)F)c2)c2c(O)[nH]cc2n1. The zero-order chi connectivity index (χ0) is 20.6. The lowest BCUT2D eigenvalue weighted by Gasteiger charge is -2.29. The molecule has 0 saturated heterocycles. The molecule has 1 aromatic carbocycles. The number of H-pyrrole nitrogens is 1. The van der Waals surface area contributed by atoms with E-state index >= 15 is 0 Å². The van der Waals surface area contributed by atoms with Gasteiger partial charge in [0, 0.05) is 24.0 Å². The molecule has 29 heavy (non-hydrogen) atoms. The van der Waals surface area contributed by atoms with Crippen LogP contribution in [-0.4, -0.2) is 32.1 Å². The second-order valence-corrected chi connectivity index (χ2v) is 7.20. The van der Waals surface area contributed by atoms with E-state index in [1.165, 1.54) is 18.3 Å². The summed E-state index contributed by atoms with van der Waals surface area (Å²) in [5, 5.41) is 16.5. The molecule has 1 aliphatic carbocycles. The van der Waals surface area contributed by atoms with Crippen LogP contribution >= 0.6 is 0 Å². The highest BCUT2D eigenvalue weighted by Gasteiger charge is 2.30. The lowest BCUT2D eigenvalue weighted by Crippen LogP contribution is -2.42. The summed E-state index contributed by atoms with van der Waals surface area (Å²) < 4.78 is 39.0. The molecule has 0 bridgehead atoms. The van der Waals surface area contributed by atoms with Crippen LogP contribution in [0, 0.1) is 0 Å². The third-order valence-corrected chi connectivity index (χ3v) is 5.11. The van der Waals surface area contributed by atoms with Crippen molar-refractivity contribution in [3.8, 4) is 5.88 Å². The number of anilines is 3. The van der Waals surface area contributed by atoms with Gasteiger partial charge in [0.05, 0.1) is 11.1 Å². The molecule has 2 heterocycles. The number of aromatic nitrogens is 3. The van der Waals surface area contributed by atoms with Gasteiger partial charge in [-0.15, -0.1) is 0 Å². The number of halogens is 3. The predicted molar refractivity (Wildman–Crippen MR) is 104 cm³/mol. The standard InChI is InChI=1S/C19H21F3N6O/c20-19(21,22)10-4-3-5-11(8-10)25-16-15-14(9-24-17(15)29)27-18(28-16)26-13-7-2-1-6-12(13)23/h3-5,8-9,12-13,24,29H,1-2,6-7,23H2,(H2,25,26,27,28)/t12-,13+/m0/s1. The Bertz CT molecular complexity index is 1020. The van der Waals surface area contributed by atoms with Crippen molar-refractivity contribution in [1.82, 2.24) is 15.0 Å². The minimum absolute atomic E-state index is 0.00939. The third kappa shape index (κ3) is 4.07. The van der Waals surface area contributed by atoms with Gasteiger partial charge >= 0.3 is 6.18 Å². The Balaban J connectivity index is 1.68. The molecule has 6 N–H and O–H groups in total. The van der Waals surface area contributed by atoms with Gasteiger partial charge in [0.1, 0.15) is 11.2 Å². The summed E-state index contributed by atoms with van der Waals surface area (Å²) >= 11 is 0. The minimum Gasteiger partial charge on any atom is -0.494 e. The summed E-state index contributed by atoms with van der Waals surface area (Å²) in [6.07, 6.45) is 0.965. The fourth-order valence-corrected chi connectivity index (χ4v) is 3.59. The van der Waals surface area contributed by atoms with E-state index in [4.69, 9.17) is 5.73 Å². The van der Waals surface area contributed by atoms with Crippen molar-refractivity contribution in [1.29, 1.82) is 0 Å². The molecule has 0 aliphatic heterocycles. The van der Waals surface area contributed by atoms with Gasteiger partial charge in [-0.3, -0.25) is 0 Å². The number of nitrogens with one attached hydrogen (secondary N) is 3. The molecule has 1 saturated carbocycles. The fraction of sp³-hybridized carbons (Fsp3) is 0.368. The molecule has 0 radical (unpaired) electrons. The Kier molecular flexibility index (Phi) is 4.95. The molecule has 2 atom stereocenters. The summed E-state index contributed by atoms with van der Waals surface area (Å²) in [5.41, 5.74) is 6.02. The molecule has 10 heteroatoms. The fourth-order valence-electron chi connectivity index (χ4n) is 3.59. The Morgan fingerprint density at radius 2 is 1.97 bits per heavy atom. The van der Waals surface area contributed by atoms with Crippen molar-refractivity contribution < 1.29 is 18.3 Å². The van der Waals surface area contributed by atoms with Crippen LogP contribution in [0.2, 0.25) is 0 Å². The number of hydrogen-bond donors (Lipinski definition) is 5. The van der Waals surface area contributed by atoms with Crippen LogP contribution in [0.5, 0.6) is 5.88 Å². The summed E-state index contributed by atoms with van der Waals surface area (Å²) in [5.74, 6) is 0.323. The van der Waals surface area contributed by atoms with E-state index in [1.807, 2.05) is 0 Å². The molecule has 1 fully saturated rings. The van der Waals surface area contributed by atoms with Crippen molar-refractivity contribution in [2.75, 3.05) is 10.6 Å². The Morgan fingerprint density at radius 1 is 1.17 bits per heavy atom. The highest BCUT2D eigenvalue weighted by atomic mass is 19.4. The summed E-state index contributed by atoms with van der Waals surface area (Å²) in [7, 11) is 0. The maximum Gasteiger partial charge on any atom is 0.416 e. The van der Waals surface area contributed by atoms with E-state index in [9.17, 15) is 18.3 Å². The summed E-state index contributed by atoms with van der Waals surface area (Å²) in [6, 6.07) is 4.77. The highest BCUT2D eigenvalue weighted by molar-refractivity contribution is 5.96. The lowest BCUT2D eigenvalue weighted by molar-refractivity contribution is -0.137. The molecular weight excluding hydrogens is 385 g/mol. The van der Waals surface area contributed by atoms with Crippen LogP contribution in [0.1, 0.15) is 31.2 Å². The van der Waals surface area contributed by atoms with Crippen molar-refractivity contribution in [2.45, 2.75) is 43.9 Å². The predicted octanol–water partition coefficient (Wildman–Crippen LogP) is 4.11. The molecule has 2 aromatic heterocycles. The van der Waals surface area contributed by atoms with Crippen LogP contribution in [0.3, 0.4) is 0 Å². The largest absolute Gasteiger partial charge is 0.494 e. The zero-order valence-corrected chi connectivity index (χ0v) is 15.4. The maximum atomic E-state index is 13.0. The first-order chi connectivity index (χ1) is 13.8. The number of rotatable bonds is 4. The van der Waals surface area contributed by atoms with E-state index in [0.29, 0.717) is 16.9 Å².